The molecule has 0 aliphatic rings. The molecule has 0 aromatic carbocycles. The molecule has 5 heteroatoms. The number of hydrogen-bond donors (Lipinski definition) is 0. The Morgan fingerprint density at radius 2 is 2.12 bits per heavy atom. The second kappa shape index (κ2) is 5.98. The van der Waals surface area contributed by atoms with E-state index < -0.39 is 5.24 Å². The van der Waals surface area contributed by atoms with E-state index in [9.17, 15) is 9.59 Å². The molecule has 17 heavy (non-hydrogen) atoms. The van der Waals surface area contributed by atoms with Gasteiger partial charge in [-0.3, -0.25) is 9.59 Å². The van der Waals surface area contributed by atoms with E-state index in [4.69, 9.17) is 16.3 Å². The van der Waals surface area contributed by atoms with Crippen LogP contribution in [0, 0.1) is 0 Å². The molecule has 0 spiro atoms. The molecule has 1 heterocycles. The van der Waals surface area contributed by atoms with Crippen LogP contribution in [0.3, 0.4) is 0 Å². The maximum atomic E-state index is 12.0. The number of pyridine rings is 1. The van der Waals surface area contributed by atoms with Crippen molar-refractivity contribution in [2.24, 2.45) is 0 Å². The third-order valence-corrected chi connectivity index (χ3v) is 2.73. The first-order chi connectivity index (χ1) is 7.99. The molecule has 0 saturated carbocycles. The maximum Gasteiger partial charge on any atom is 0.263 e. The summed E-state index contributed by atoms with van der Waals surface area (Å²) in [4.78, 5) is 23.1. The third-order valence-electron chi connectivity index (χ3n) is 2.53. The monoisotopic (exact) mass is 257 g/mol. The Labute approximate surface area is 105 Å². The topological polar surface area (TPSA) is 48.3 Å². The lowest BCUT2D eigenvalue weighted by molar-refractivity contribution is 0.107. The van der Waals surface area contributed by atoms with Crippen molar-refractivity contribution in [1.82, 2.24) is 4.57 Å². The zero-order valence-corrected chi connectivity index (χ0v) is 11.0. The van der Waals surface area contributed by atoms with Gasteiger partial charge in [0.25, 0.3) is 10.8 Å². The molecule has 0 saturated heterocycles. The average molecular weight is 258 g/mol. The Kier molecular flexibility index (Phi) is 4.90. The van der Waals surface area contributed by atoms with Gasteiger partial charge in [0.1, 0.15) is 0 Å². The molecule has 0 aliphatic heterocycles. The second-order valence-corrected chi connectivity index (χ2v) is 4.39. The minimum Gasteiger partial charge on any atom is -0.383 e. The van der Waals surface area contributed by atoms with Crippen LogP contribution in [0.2, 0.25) is 0 Å². The van der Waals surface area contributed by atoms with Crippen LogP contribution >= 0.6 is 11.6 Å². The first-order valence-electron chi connectivity index (χ1n) is 5.41. The fourth-order valence-corrected chi connectivity index (χ4v) is 1.80. The van der Waals surface area contributed by atoms with Crippen LogP contribution in [-0.4, -0.2) is 23.5 Å². The standard InChI is InChI=1S/C12H16ClNO3/c1-8(2)10-5-4-9(11(13)15)12(16)14(10)6-7-17-3/h4-5,8H,6-7H2,1-3H3. The van der Waals surface area contributed by atoms with Crippen LogP contribution in [0.1, 0.15) is 35.8 Å². The smallest absolute Gasteiger partial charge is 0.263 e. The number of halogens is 1. The number of nitrogens with zero attached hydrogens (tertiary/aromatic N) is 1. The highest BCUT2D eigenvalue weighted by Gasteiger charge is 2.14. The molecule has 0 fully saturated rings. The van der Waals surface area contributed by atoms with Gasteiger partial charge in [0, 0.05) is 19.3 Å². The van der Waals surface area contributed by atoms with E-state index in [0.29, 0.717) is 13.2 Å². The van der Waals surface area contributed by atoms with Gasteiger partial charge in [-0.05, 0) is 29.7 Å². The molecular weight excluding hydrogens is 242 g/mol. The van der Waals surface area contributed by atoms with Crippen molar-refractivity contribution in [2.75, 3.05) is 13.7 Å². The molecular formula is C12H16ClNO3. The number of methoxy groups -OCH3 is 1. The summed E-state index contributed by atoms with van der Waals surface area (Å²) in [6.07, 6.45) is 0. The molecule has 94 valence electrons. The number of carbonyl (C=O) groups excluding carboxylic acids is 1. The van der Waals surface area contributed by atoms with Crippen LogP contribution in [0.4, 0.5) is 0 Å². The van der Waals surface area contributed by atoms with Crippen LogP contribution in [0.5, 0.6) is 0 Å². The molecule has 1 rings (SSSR count). The summed E-state index contributed by atoms with van der Waals surface area (Å²) in [5.74, 6) is 0.194. The van der Waals surface area contributed by atoms with Crippen molar-refractivity contribution in [3.05, 3.63) is 33.7 Å². The van der Waals surface area contributed by atoms with E-state index in [1.807, 2.05) is 13.8 Å². The summed E-state index contributed by atoms with van der Waals surface area (Å²) in [5.41, 5.74) is 0.522. The molecule has 0 atom stereocenters. The zero-order valence-electron chi connectivity index (χ0n) is 10.2. The summed E-state index contributed by atoms with van der Waals surface area (Å²) in [6, 6.07) is 3.24. The summed E-state index contributed by atoms with van der Waals surface area (Å²) in [7, 11) is 1.57. The summed E-state index contributed by atoms with van der Waals surface area (Å²) >= 11 is 5.36. The number of hydrogen-bond acceptors (Lipinski definition) is 3. The van der Waals surface area contributed by atoms with E-state index in [0.717, 1.165) is 5.69 Å². The van der Waals surface area contributed by atoms with Gasteiger partial charge < -0.3 is 9.30 Å². The molecule has 0 unspecified atom stereocenters. The maximum absolute atomic E-state index is 12.0. The van der Waals surface area contributed by atoms with E-state index in [2.05, 4.69) is 0 Å². The molecule has 0 N–H and O–H groups in total. The first-order valence-corrected chi connectivity index (χ1v) is 5.79. The van der Waals surface area contributed by atoms with Crippen LogP contribution < -0.4 is 5.56 Å². The summed E-state index contributed by atoms with van der Waals surface area (Å²) in [6.45, 7) is 4.81. The van der Waals surface area contributed by atoms with Gasteiger partial charge in [-0.15, -0.1) is 0 Å². The highest BCUT2D eigenvalue weighted by Crippen LogP contribution is 2.13. The van der Waals surface area contributed by atoms with Crippen molar-refractivity contribution < 1.29 is 9.53 Å². The lowest BCUT2D eigenvalue weighted by Gasteiger charge is -2.15. The van der Waals surface area contributed by atoms with E-state index in [1.165, 1.54) is 6.07 Å². The fourth-order valence-electron chi connectivity index (χ4n) is 1.66. The average Bonchev–Trinajstić information content (AvgIpc) is 2.26. The lowest BCUT2D eigenvalue weighted by atomic mass is 10.1. The minimum absolute atomic E-state index is 0.00664. The number of aromatic nitrogens is 1. The Morgan fingerprint density at radius 3 is 2.59 bits per heavy atom. The highest BCUT2D eigenvalue weighted by molar-refractivity contribution is 6.67. The van der Waals surface area contributed by atoms with Crippen molar-refractivity contribution in [2.45, 2.75) is 26.3 Å². The Morgan fingerprint density at radius 1 is 1.47 bits per heavy atom. The highest BCUT2D eigenvalue weighted by atomic mass is 35.5. The summed E-state index contributed by atoms with van der Waals surface area (Å²) < 4.78 is 6.50. The van der Waals surface area contributed by atoms with Gasteiger partial charge in [-0.1, -0.05) is 13.8 Å². The Hall–Kier alpha value is -1.13. The Bertz CT molecular complexity index is 465. The van der Waals surface area contributed by atoms with Crippen molar-refractivity contribution in [3.63, 3.8) is 0 Å². The van der Waals surface area contributed by atoms with Gasteiger partial charge in [0.2, 0.25) is 0 Å². The van der Waals surface area contributed by atoms with Gasteiger partial charge in [0.05, 0.1) is 12.2 Å². The van der Waals surface area contributed by atoms with Gasteiger partial charge in [0.15, 0.2) is 0 Å². The number of ether oxygens (including phenoxy) is 1. The molecule has 1 aromatic heterocycles. The zero-order chi connectivity index (χ0) is 13.0. The quantitative estimate of drug-likeness (QED) is 0.758. The number of carbonyl (C=O) groups is 1. The molecule has 4 nitrogen and oxygen atoms in total. The molecule has 1 aromatic rings. The molecule has 0 bridgehead atoms. The van der Waals surface area contributed by atoms with Crippen molar-refractivity contribution >= 4 is 16.8 Å². The van der Waals surface area contributed by atoms with Crippen molar-refractivity contribution in [3.8, 4) is 0 Å². The Balaban J connectivity index is 3.31. The molecule has 0 amide bonds. The lowest BCUT2D eigenvalue weighted by Crippen LogP contribution is -2.29. The van der Waals surface area contributed by atoms with Crippen LogP contribution in [0.15, 0.2) is 16.9 Å². The second-order valence-electron chi connectivity index (χ2n) is 4.05. The first kappa shape index (κ1) is 13.9. The van der Waals surface area contributed by atoms with Gasteiger partial charge >= 0.3 is 0 Å². The summed E-state index contributed by atoms with van der Waals surface area (Å²) in [5, 5.41) is -0.725. The van der Waals surface area contributed by atoms with E-state index >= 15 is 0 Å². The minimum atomic E-state index is -0.725. The predicted octanol–water partition coefficient (Wildman–Crippen LogP) is 2.00. The molecule has 0 radical (unpaired) electrons. The van der Waals surface area contributed by atoms with Gasteiger partial charge in [-0.2, -0.15) is 0 Å². The largest absolute Gasteiger partial charge is 0.383 e. The van der Waals surface area contributed by atoms with Crippen LogP contribution in [-0.2, 0) is 11.3 Å². The fraction of sp³-hybridized carbons (Fsp3) is 0.500. The SMILES string of the molecule is COCCn1c(C(C)C)ccc(C(=O)Cl)c1=O. The predicted molar refractivity (Wildman–Crippen MR) is 66.9 cm³/mol. The molecule has 0 aliphatic carbocycles. The van der Waals surface area contributed by atoms with Gasteiger partial charge in [-0.25, -0.2) is 0 Å². The van der Waals surface area contributed by atoms with Crippen molar-refractivity contribution in [1.29, 1.82) is 0 Å². The van der Waals surface area contributed by atoms with Crippen LogP contribution in [0.25, 0.3) is 0 Å². The van der Waals surface area contributed by atoms with E-state index in [1.54, 1.807) is 17.7 Å². The third kappa shape index (κ3) is 3.17. The normalized spacial score (nSPS) is 10.9. The van der Waals surface area contributed by atoms with E-state index in [-0.39, 0.29) is 17.0 Å². The number of rotatable bonds is 5.